The van der Waals surface area contributed by atoms with Gasteiger partial charge in [0.25, 0.3) is 0 Å². The molecule has 0 saturated carbocycles. The third kappa shape index (κ3) is 3.89. The van der Waals surface area contributed by atoms with Crippen LogP contribution in [0.1, 0.15) is 22.4 Å². The van der Waals surface area contributed by atoms with Crippen LogP contribution in [0.5, 0.6) is 5.75 Å². The standard InChI is InChI=1S/C28H28N2O/c1-21-8-6-7-11-26(21)30-27-16-17-29(19-22-9-4-3-5-10-22)20-24(27)18-28(30)23-12-14-25(31-2)15-13-23/h3-15,18H,16-17,19-20H2,1-2H3. The minimum Gasteiger partial charge on any atom is -0.497 e. The molecule has 1 aliphatic rings. The van der Waals surface area contributed by atoms with Gasteiger partial charge in [0.05, 0.1) is 12.8 Å². The van der Waals surface area contributed by atoms with Crippen molar-refractivity contribution in [1.82, 2.24) is 9.47 Å². The number of hydrogen-bond donors (Lipinski definition) is 0. The zero-order valence-electron chi connectivity index (χ0n) is 18.2. The van der Waals surface area contributed by atoms with Crippen LogP contribution in [0, 0.1) is 6.92 Å². The van der Waals surface area contributed by atoms with Crippen molar-refractivity contribution < 1.29 is 4.74 Å². The van der Waals surface area contributed by atoms with Crippen LogP contribution in [0.15, 0.2) is 84.9 Å². The van der Waals surface area contributed by atoms with Crippen LogP contribution >= 0.6 is 0 Å². The van der Waals surface area contributed by atoms with Gasteiger partial charge in [0.1, 0.15) is 5.75 Å². The van der Waals surface area contributed by atoms with E-state index >= 15 is 0 Å². The Kier molecular flexibility index (Phi) is 5.35. The van der Waals surface area contributed by atoms with Crippen LogP contribution in [0.3, 0.4) is 0 Å². The second-order valence-corrected chi connectivity index (χ2v) is 8.30. The fourth-order valence-electron chi connectivity index (χ4n) is 4.64. The van der Waals surface area contributed by atoms with Crippen LogP contribution < -0.4 is 4.74 Å². The van der Waals surface area contributed by atoms with E-state index in [1.165, 1.54) is 39.3 Å². The van der Waals surface area contributed by atoms with E-state index in [1.807, 2.05) is 12.1 Å². The molecule has 0 spiro atoms. The van der Waals surface area contributed by atoms with Gasteiger partial charge in [0.2, 0.25) is 0 Å². The Balaban J connectivity index is 1.56. The molecular weight excluding hydrogens is 380 g/mol. The van der Waals surface area contributed by atoms with Crippen molar-refractivity contribution in [2.45, 2.75) is 26.4 Å². The van der Waals surface area contributed by atoms with Gasteiger partial charge in [-0.15, -0.1) is 0 Å². The molecule has 0 amide bonds. The van der Waals surface area contributed by atoms with Gasteiger partial charge < -0.3 is 9.30 Å². The lowest BCUT2D eigenvalue weighted by Gasteiger charge is -2.28. The first kappa shape index (κ1) is 19.7. The van der Waals surface area contributed by atoms with Crippen LogP contribution in [0.4, 0.5) is 0 Å². The summed E-state index contributed by atoms with van der Waals surface area (Å²) >= 11 is 0. The number of ether oxygens (including phenoxy) is 1. The van der Waals surface area contributed by atoms with Gasteiger partial charge in [0, 0.05) is 37.4 Å². The van der Waals surface area contributed by atoms with Crippen LogP contribution in [0.2, 0.25) is 0 Å². The van der Waals surface area contributed by atoms with Gasteiger partial charge in [-0.05, 0) is 65.6 Å². The van der Waals surface area contributed by atoms with Gasteiger partial charge in [-0.1, -0.05) is 48.5 Å². The Morgan fingerprint density at radius 2 is 1.61 bits per heavy atom. The van der Waals surface area contributed by atoms with Crippen molar-refractivity contribution in [2.75, 3.05) is 13.7 Å². The quantitative estimate of drug-likeness (QED) is 0.402. The lowest BCUT2D eigenvalue weighted by Crippen LogP contribution is -2.30. The van der Waals surface area contributed by atoms with Crippen molar-refractivity contribution in [3.63, 3.8) is 0 Å². The maximum absolute atomic E-state index is 5.38. The number of aromatic nitrogens is 1. The highest BCUT2D eigenvalue weighted by Gasteiger charge is 2.24. The SMILES string of the molecule is COc1ccc(-c2cc3c(n2-c2ccccc2C)CCN(Cc2ccccc2)C3)cc1. The normalized spacial score (nSPS) is 13.7. The Morgan fingerprint density at radius 3 is 2.35 bits per heavy atom. The van der Waals surface area contributed by atoms with E-state index in [0.717, 1.165) is 31.8 Å². The second kappa shape index (κ2) is 8.44. The third-order valence-corrected chi connectivity index (χ3v) is 6.24. The summed E-state index contributed by atoms with van der Waals surface area (Å²) in [4.78, 5) is 2.55. The van der Waals surface area contributed by atoms with Crippen molar-refractivity contribution in [3.05, 3.63) is 107 Å². The Labute approximate surface area is 184 Å². The van der Waals surface area contributed by atoms with Crippen LogP contribution in [0.25, 0.3) is 16.9 Å². The zero-order valence-corrected chi connectivity index (χ0v) is 18.2. The van der Waals surface area contributed by atoms with E-state index in [1.54, 1.807) is 7.11 Å². The summed E-state index contributed by atoms with van der Waals surface area (Å²) < 4.78 is 7.86. The third-order valence-electron chi connectivity index (χ3n) is 6.24. The molecule has 1 aromatic heterocycles. The van der Waals surface area contributed by atoms with Crippen molar-refractivity contribution in [1.29, 1.82) is 0 Å². The highest BCUT2D eigenvalue weighted by Crippen LogP contribution is 2.35. The molecule has 3 aromatic carbocycles. The van der Waals surface area contributed by atoms with Gasteiger partial charge in [-0.2, -0.15) is 0 Å². The maximum atomic E-state index is 5.38. The highest BCUT2D eigenvalue weighted by molar-refractivity contribution is 5.67. The molecule has 3 nitrogen and oxygen atoms in total. The molecule has 0 radical (unpaired) electrons. The summed E-state index contributed by atoms with van der Waals surface area (Å²) in [6.45, 7) is 5.24. The zero-order chi connectivity index (χ0) is 21.2. The monoisotopic (exact) mass is 408 g/mol. The predicted octanol–water partition coefficient (Wildman–Crippen LogP) is 6.02. The fraction of sp³-hybridized carbons (Fsp3) is 0.214. The molecule has 0 saturated heterocycles. The highest BCUT2D eigenvalue weighted by atomic mass is 16.5. The summed E-state index contributed by atoms with van der Waals surface area (Å²) in [7, 11) is 1.71. The molecule has 4 aromatic rings. The van der Waals surface area contributed by atoms with Gasteiger partial charge in [-0.3, -0.25) is 4.90 Å². The van der Waals surface area contributed by atoms with Gasteiger partial charge in [0.15, 0.2) is 0 Å². The Bertz CT molecular complexity index is 1180. The predicted molar refractivity (Wildman–Crippen MR) is 127 cm³/mol. The summed E-state index contributed by atoms with van der Waals surface area (Å²) in [5.74, 6) is 0.886. The second-order valence-electron chi connectivity index (χ2n) is 8.30. The number of aryl methyl sites for hydroxylation is 1. The van der Waals surface area contributed by atoms with Gasteiger partial charge >= 0.3 is 0 Å². The molecule has 0 atom stereocenters. The first-order valence-corrected chi connectivity index (χ1v) is 10.9. The van der Waals surface area contributed by atoms with Gasteiger partial charge in [-0.25, -0.2) is 0 Å². The molecule has 0 unspecified atom stereocenters. The van der Waals surface area contributed by atoms with E-state index in [0.29, 0.717) is 0 Å². The molecule has 2 heterocycles. The summed E-state index contributed by atoms with van der Waals surface area (Å²) in [6.07, 6.45) is 1.05. The molecule has 0 N–H and O–H groups in total. The molecule has 5 rings (SSSR count). The largest absolute Gasteiger partial charge is 0.497 e. The first-order valence-electron chi connectivity index (χ1n) is 10.9. The lowest BCUT2D eigenvalue weighted by molar-refractivity contribution is 0.244. The molecule has 0 aliphatic carbocycles. The van der Waals surface area contributed by atoms with Crippen molar-refractivity contribution in [2.24, 2.45) is 0 Å². The van der Waals surface area contributed by atoms with E-state index < -0.39 is 0 Å². The average molecular weight is 409 g/mol. The number of methoxy groups -OCH3 is 1. The molecule has 0 fully saturated rings. The first-order chi connectivity index (χ1) is 15.2. The van der Waals surface area contributed by atoms with E-state index in [-0.39, 0.29) is 0 Å². The molecule has 31 heavy (non-hydrogen) atoms. The molecule has 1 aliphatic heterocycles. The van der Waals surface area contributed by atoms with Crippen molar-refractivity contribution >= 4 is 0 Å². The minimum absolute atomic E-state index is 0.886. The van der Waals surface area contributed by atoms with E-state index in [4.69, 9.17) is 4.74 Å². The number of hydrogen-bond acceptors (Lipinski definition) is 2. The lowest BCUT2D eigenvalue weighted by atomic mass is 10.1. The number of fused-ring (bicyclic) bond motifs is 1. The summed E-state index contributed by atoms with van der Waals surface area (Å²) in [5.41, 5.74) is 9.27. The molecule has 3 heteroatoms. The van der Waals surface area contributed by atoms with Crippen LogP contribution in [-0.4, -0.2) is 23.1 Å². The topological polar surface area (TPSA) is 17.4 Å². The molecule has 156 valence electrons. The van der Waals surface area contributed by atoms with Crippen LogP contribution in [-0.2, 0) is 19.5 Å². The molecule has 0 bridgehead atoms. The summed E-state index contributed by atoms with van der Waals surface area (Å²) in [6, 6.07) is 30.3. The van der Waals surface area contributed by atoms with E-state index in [2.05, 4.69) is 89.2 Å². The maximum Gasteiger partial charge on any atom is 0.118 e. The average Bonchev–Trinajstić information content (AvgIpc) is 3.18. The smallest absolute Gasteiger partial charge is 0.118 e. The number of rotatable bonds is 5. The minimum atomic E-state index is 0.886. The number of nitrogens with zero attached hydrogens (tertiary/aromatic N) is 2. The molecular formula is C28H28N2O. The Hall–Kier alpha value is -3.30. The number of para-hydroxylation sites is 1. The van der Waals surface area contributed by atoms with E-state index in [9.17, 15) is 0 Å². The number of benzene rings is 3. The Morgan fingerprint density at radius 1 is 0.871 bits per heavy atom. The van der Waals surface area contributed by atoms with Crippen molar-refractivity contribution in [3.8, 4) is 22.7 Å². The summed E-state index contributed by atoms with van der Waals surface area (Å²) in [5, 5.41) is 0. The fourth-order valence-corrected chi connectivity index (χ4v) is 4.64.